The van der Waals surface area contributed by atoms with E-state index in [9.17, 15) is 22.0 Å². The van der Waals surface area contributed by atoms with Crippen LogP contribution in [0.3, 0.4) is 0 Å². The monoisotopic (exact) mass is 410 g/mol. The number of amides is 1. The standard InChI is InChI=1S/C19H20F2N2O4S/c20-19(21)27-17-10-3-2-9-16(17)22-18(24)14-7-6-8-15(13-14)28(25,26)23-11-4-1-5-12-23/h2-3,6-10,13,19H,1,4-5,11-12H2,(H,22,24). The second-order valence-electron chi connectivity index (χ2n) is 6.32. The van der Waals surface area contributed by atoms with Crippen LogP contribution in [0.15, 0.2) is 53.4 Å². The van der Waals surface area contributed by atoms with Crippen LogP contribution in [0.25, 0.3) is 0 Å². The van der Waals surface area contributed by atoms with Crippen LogP contribution in [0, 0.1) is 0 Å². The van der Waals surface area contributed by atoms with E-state index < -0.39 is 22.5 Å². The molecule has 0 aliphatic carbocycles. The van der Waals surface area contributed by atoms with E-state index in [2.05, 4.69) is 10.1 Å². The minimum atomic E-state index is -3.69. The van der Waals surface area contributed by atoms with Crippen LogP contribution in [0.5, 0.6) is 5.75 Å². The molecule has 0 radical (unpaired) electrons. The minimum Gasteiger partial charge on any atom is -0.433 e. The van der Waals surface area contributed by atoms with Gasteiger partial charge < -0.3 is 10.1 Å². The Labute approximate surface area is 162 Å². The molecule has 1 fully saturated rings. The van der Waals surface area contributed by atoms with Crippen molar-refractivity contribution in [3.63, 3.8) is 0 Å². The third-order valence-corrected chi connectivity index (χ3v) is 6.29. The summed E-state index contributed by atoms with van der Waals surface area (Å²) in [6.07, 6.45) is 2.61. The van der Waals surface area contributed by atoms with Gasteiger partial charge in [-0.05, 0) is 43.2 Å². The highest BCUT2D eigenvalue weighted by molar-refractivity contribution is 7.89. The van der Waals surface area contributed by atoms with E-state index in [1.165, 1.54) is 46.8 Å². The van der Waals surface area contributed by atoms with Gasteiger partial charge in [0.2, 0.25) is 10.0 Å². The molecule has 0 spiro atoms. The molecule has 1 aliphatic heterocycles. The van der Waals surface area contributed by atoms with Gasteiger partial charge in [-0.25, -0.2) is 8.42 Å². The Kier molecular flexibility index (Phi) is 6.25. The molecule has 0 unspecified atom stereocenters. The van der Waals surface area contributed by atoms with Gasteiger partial charge in [-0.2, -0.15) is 13.1 Å². The molecule has 0 aromatic heterocycles. The van der Waals surface area contributed by atoms with Crippen LogP contribution in [0.2, 0.25) is 0 Å². The summed E-state index contributed by atoms with van der Waals surface area (Å²) in [5.41, 5.74) is 0.169. The topological polar surface area (TPSA) is 75.7 Å². The second-order valence-corrected chi connectivity index (χ2v) is 8.26. The van der Waals surface area contributed by atoms with Gasteiger partial charge in [0.25, 0.3) is 5.91 Å². The molecule has 1 aliphatic rings. The van der Waals surface area contributed by atoms with Crippen molar-refractivity contribution in [2.45, 2.75) is 30.8 Å². The van der Waals surface area contributed by atoms with E-state index in [4.69, 9.17) is 0 Å². The first kappa shape index (κ1) is 20.2. The van der Waals surface area contributed by atoms with Crippen molar-refractivity contribution in [3.8, 4) is 5.75 Å². The molecule has 9 heteroatoms. The lowest BCUT2D eigenvalue weighted by Crippen LogP contribution is -2.35. The normalized spacial score (nSPS) is 15.4. The van der Waals surface area contributed by atoms with E-state index in [1.807, 2.05) is 0 Å². The van der Waals surface area contributed by atoms with Gasteiger partial charge in [0.15, 0.2) is 0 Å². The van der Waals surface area contributed by atoms with Crippen molar-refractivity contribution in [1.82, 2.24) is 4.31 Å². The van der Waals surface area contributed by atoms with E-state index >= 15 is 0 Å². The lowest BCUT2D eigenvalue weighted by Gasteiger charge is -2.26. The van der Waals surface area contributed by atoms with E-state index in [0.717, 1.165) is 19.3 Å². The van der Waals surface area contributed by atoms with E-state index in [1.54, 1.807) is 6.07 Å². The molecule has 150 valence electrons. The van der Waals surface area contributed by atoms with E-state index in [-0.39, 0.29) is 21.9 Å². The van der Waals surface area contributed by atoms with Crippen molar-refractivity contribution in [3.05, 3.63) is 54.1 Å². The van der Waals surface area contributed by atoms with Crippen LogP contribution in [0.4, 0.5) is 14.5 Å². The van der Waals surface area contributed by atoms with Crippen LogP contribution < -0.4 is 10.1 Å². The number of benzene rings is 2. The minimum absolute atomic E-state index is 0.0270. The van der Waals surface area contributed by atoms with Crippen molar-refractivity contribution >= 4 is 21.6 Å². The maximum atomic E-state index is 12.8. The summed E-state index contributed by atoms with van der Waals surface area (Å²) in [7, 11) is -3.69. The number of sulfonamides is 1. The Morgan fingerprint density at radius 3 is 2.46 bits per heavy atom. The van der Waals surface area contributed by atoms with Gasteiger partial charge in [0, 0.05) is 18.7 Å². The molecular formula is C19H20F2N2O4S. The summed E-state index contributed by atoms with van der Waals surface area (Å²) < 4.78 is 56.4. The number of carbonyl (C=O) groups excluding carboxylic acids is 1. The smallest absolute Gasteiger partial charge is 0.387 e. The number of halogens is 2. The molecule has 2 aromatic rings. The Hall–Kier alpha value is -2.52. The summed E-state index contributed by atoms with van der Waals surface area (Å²) in [5, 5.41) is 2.48. The number of hydrogen-bond acceptors (Lipinski definition) is 4. The second kappa shape index (κ2) is 8.66. The average molecular weight is 410 g/mol. The van der Waals surface area contributed by atoms with Gasteiger partial charge in [0.1, 0.15) is 5.75 Å². The van der Waals surface area contributed by atoms with Crippen LogP contribution in [-0.2, 0) is 10.0 Å². The number of carbonyl (C=O) groups is 1. The summed E-state index contributed by atoms with van der Waals surface area (Å²) >= 11 is 0. The largest absolute Gasteiger partial charge is 0.433 e. The number of rotatable bonds is 6. The summed E-state index contributed by atoms with van der Waals surface area (Å²) in [5.74, 6) is -0.802. The molecule has 6 nitrogen and oxygen atoms in total. The molecule has 1 amide bonds. The molecular weight excluding hydrogens is 390 g/mol. The highest BCUT2D eigenvalue weighted by Crippen LogP contribution is 2.27. The highest BCUT2D eigenvalue weighted by Gasteiger charge is 2.26. The number of alkyl halides is 2. The lowest BCUT2D eigenvalue weighted by molar-refractivity contribution is -0.0493. The lowest BCUT2D eigenvalue weighted by atomic mass is 10.2. The SMILES string of the molecule is O=C(Nc1ccccc1OC(F)F)c1cccc(S(=O)(=O)N2CCCCC2)c1. The summed E-state index contributed by atoms with van der Waals surface area (Å²) in [6, 6.07) is 11.5. The first-order valence-electron chi connectivity index (χ1n) is 8.83. The van der Waals surface area contributed by atoms with Crippen LogP contribution >= 0.6 is 0 Å². The zero-order chi connectivity index (χ0) is 20.1. The zero-order valence-corrected chi connectivity index (χ0v) is 15.8. The van der Waals surface area contributed by atoms with Crippen molar-refractivity contribution in [1.29, 1.82) is 0 Å². The highest BCUT2D eigenvalue weighted by atomic mass is 32.2. The van der Waals surface area contributed by atoms with Crippen molar-refractivity contribution in [2.75, 3.05) is 18.4 Å². The molecule has 28 heavy (non-hydrogen) atoms. The number of hydrogen-bond donors (Lipinski definition) is 1. The maximum absolute atomic E-state index is 12.8. The first-order valence-corrected chi connectivity index (χ1v) is 10.3. The fourth-order valence-corrected chi connectivity index (χ4v) is 4.58. The van der Waals surface area contributed by atoms with Gasteiger partial charge >= 0.3 is 6.61 Å². The van der Waals surface area contributed by atoms with Gasteiger partial charge in [-0.15, -0.1) is 0 Å². The van der Waals surface area contributed by atoms with Crippen molar-refractivity contribution in [2.24, 2.45) is 0 Å². The number of anilines is 1. The van der Waals surface area contributed by atoms with Crippen molar-refractivity contribution < 1.29 is 26.7 Å². The number of para-hydroxylation sites is 2. The van der Waals surface area contributed by atoms with Gasteiger partial charge in [0.05, 0.1) is 10.6 Å². The average Bonchev–Trinajstić information content (AvgIpc) is 2.70. The third-order valence-electron chi connectivity index (χ3n) is 4.40. The number of nitrogens with zero attached hydrogens (tertiary/aromatic N) is 1. The number of ether oxygens (including phenoxy) is 1. The number of piperidine rings is 1. The molecule has 0 atom stereocenters. The predicted molar refractivity (Wildman–Crippen MR) is 100 cm³/mol. The van der Waals surface area contributed by atoms with Crippen LogP contribution in [-0.4, -0.2) is 38.3 Å². The zero-order valence-electron chi connectivity index (χ0n) is 15.0. The predicted octanol–water partition coefficient (Wildman–Crippen LogP) is 3.71. The van der Waals surface area contributed by atoms with Gasteiger partial charge in [-0.1, -0.05) is 24.6 Å². The van der Waals surface area contributed by atoms with Crippen LogP contribution in [0.1, 0.15) is 29.6 Å². The molecule has 1 N–H and O–H groups in total. The fraction of sp³-hybridized carbons (Fsp3) is 0.316. The summed E-state index contributed by atoms with van der Waals surface area (Å²) in [4.78, 5) is 12.6. The van der Waals surface area contributed by atoms with Gasteiger partial charge in [-0.3, -0.25) is 4.79 Å². The first-order chi connectivity index (χ1) is 13.4. The van der Waals surface area contributed by atoms with E-state index in [0.29, 0.717) is 13.1 Å². The Morgan fingerprint density at radius 2 is 1.75 bits per heavy atom. The maximum Gasteiger partial charge on any atom is 0.387 e. The number of nitrogens with one attached hydrogen (secondary N) is 1. The Balaban J connectivity index is 1.82. The quantitative estimate of drug-likeness (QED) is 0.788. The molecule has 0 saturated carbocycles. The third kappa shape index (κ3) is 4.66. The molecule has 0 bridgehead atoms. The Morgan fingerprint density at radius 1 is 1.04 bits per heavy atom. The Bertz CT molecular complexity index is 944. The molecule has 3 rings (SSSR count). The molecule has 1 heterocycles. The molecule has 2 aromatic carbocycles. The molecule has 1 saturated heterocycles. The summed E-state index contributed by atoms with van der Waals surface area (Å²) in [6.45, 7) is -2.12. The fourth-order valence-electron chi connectivity index (χ4n) is 3.02.